The number of benzene rings is 1. The van der Waals surface area contributed by atoms with Crippen LogP contribution in [0.1, 0.15) is 19.4 Å². The van der Waals surface area contributed by atoms with Crippen LogP contribution in [-0.4, -0.2) is 10.8 Å². The summed E-state index contributed by atoms with van der Waals surface area (Å²) in [6.45, 7) is 3.72. The van der Waals surface area contributed by atoms with Gasteiger partial charge in [-0.15, -0.1) is 17.7 Å². The van der Waals surface area contributed by atoms with Crippen LogP contribution in [0.15, 0.2) is 40.5 Å². The van der Waals surface area contributed by atoms with Crippen molar-refractivity contribution in [2.45, 2.75) is 13.8 Å². The standard InChI is InChI=1S/C10H12N2S/c1-8(11-12-9(2)13)10-6-4-3-5-7-10/h3-7H,1-2H3,(H,12,13)/b11-8+. The summed E-state index contributed by atoms with van der Waals surface area (Å²) >= 11 is 4.03. The van der Waals surface area contributed by atoms with E-state index in [1.54, 1.807) is 6.92 Å². The molecule has 0 saturated heterocycles. The normalized spacial score (nSPS) is 13.2. The predicted molar refractivity (Wildman–Crippen MR) is 60.7 cm³/mol. The Labute approximate surface area is 83.8 Å². The fourth-order valence-electron chi connectivity index (χ4n) is 0.884. The maximum Gasteiger partial charge on any atom is 0.0897 e. The van der Waals surface area contributed by atoms with Gasteiger partial charge in [-0.2, -0.15) is 5.10 Å². The number of hydrogen-bond acceptors (Lipinski definition) is 2. The van der Waals surface area contributed by atoms with Gasteiger partial charge in [-0.25, -0.2) is 0 Å². The quantitative estimate of drug-likeness (QED) is 0.322. The fourth-order valence-corrected chi connectivity index (χ4v) is 0.929. The van der Waals surface area contributed by atoms with Crippen LogP contribution < -0.4 is 0 Å². The Hall–Kier alpha value is -1.09. The molecule has 0 amide bonds. The second kappa shape index (κ2) is 4.82. The Bertz CT molecular complexity index is 324. The lowest BCUT2D eigenvalue weighted by molar-refractivity contribution is 1.23. The monoisotopic (exact) mass is 192 g/mol. The third kappa shape index (κ3) is 3.42. The van der Waals surface area contributed by atoms with Crippen molar-refractivity contribution in [2.75, 3.05) is 0 Å². The molecule has 0 N–H and O–H groups in total. The minimum Gasteiger partial charge on any atom is -0.155 e. The maximum atomic E-state index is 4.03. The molecule has 1 aromatic carbocycles. The number of thiol groups is 1. The molecule has 1 aromatic rings. The number of rotatable bonds is 2. The van der Waals surface area contributed by atoms with Crippen LogP contribution in [-0.2, 0) is 0 Å². The molecule has 68 valence electrons. The Balaban J connectivity index is 2.86. The van der Waals surface area contributed by atoms with Crippen molar-refractivity contribution in [2.24, 2.45) is 10.2 Å². The second-order valence-electron chi connectivity index (χ2n) is 2.70. The number of hydrogen-bond donors (Lipinski definition) is 1. The molecule has 0 saturated carbocycles. The van der Waals surface area contributed by atoms with Gasteiger partial charge in [0.2, 0.25) is 0 Å². The van der Waals surface area contributed by atoms with Crippen LogP contribution in [0.25, 0.3) is 0 Å². The SMILES string of the molecule is C/C(S)=N\N=C(/C)c1ccccc1. The highest BCUT2D eigenvalue weighted by molar-refractivity contribution is 7.96. The van der Waals surface area contributed by atoms with E-state index in [0.29, 0.717) is 5.04 Å². The molecule has 0 atom stereocenters. The first kappa shape index (κ1) is 9.99. The summed E-state index contributed by atoms with van der Waals surface area (Å²) in [5.41, 5.74) is 1.98. The molecule has 0 spiro atoms. The molecule has 0 fully saturated rings. The Morgan fingerprint density at radius 2 is 1.69 bits per heavy atom. The van der Waals surface area contributed by atoms with Gasteiger partial charge in [-0.05, 0) is 19.4 Å². The van der Waals surface area contributed by atoms with Gasteiger partial charge in [0.15, 0.2) is 0 Å². The molecule has 3 heteroatoms. The first-order chi connectivity index (χ1) is 6.20. The zero-order valence-corrected chi connectivity index (χ0v) is 8.62. The highest BCUT2D eigenvalue weighted by Crippen LogP contribution is 2.01. The van der Waals surface area contributed by atoms with Gasteiger partial charge in [0, 0.05) is 0 Å². The van der Waals surface area contributed by atoms with Crippen molar-refractivity contribution in [3.05, 3.63) is 35.9 Å². The molecular weight excluding hydrogens is 180 g/mol. The van der Waals surface area contributed by atoms with Crippen molar-refractivity contribution in [1.82, 2.24) is 0 Å². The smallest absolute Gasteiger partial charge is 0.0897 e. The fraction of sp³-hybridized carbons (Fsp3) is 0.200. The Morgan fingerprint density at radius 1 is 1.08 bits per heavy atom. The van der Waals surface area contributed by atoms with E-state index < -0.39 is 0 Å². The Kier molecular flexibility index (Phi) is 3.71. The van der Waals surface area contributed by atoms with Crippen LogP contribution in [0.4, 0.5) is 0 Å². The molecule has 0 aliphatic heterocycles. The van der Waals surface area contributed by atoms with Crippen LogP contribution >= 0.6 is 12.6 Å². The highest BCUT2D eigenvalue weighted by Gasteiger charge is 1.93. The van der Waals surface area contributed by atoms with Crippen LogP contribution in [0.2, 0.25) is 0 Å². The lowest BCUT2D eigenvalue weighted by Gasteiger charge is -1.96. The van der Waals surface area contributed by atoms with Crippen molar-refractivity contribution >= 4 is 23.4 Å². The minimum atomic E-state index is 0.662. The Morgan fingerprint density at radius 3 is 2.23 bits per heavy atom. The first-order valence-corrected chi connectivity index (χ1v) is 4.48. The predicted octanol–water partition coefficient (Wildman–Crippen LogP) is 2.76. The van der Waals surface area contributed by atoms with E-state index >= 15 is 0 Å². The largest absolute Gasteiger partial charge is 0.155 e. The molecule has 0 heterocycles. The summed E-state index contributed by atoms with van der Waals surface area (Å²) in [5, 5.41) is 8.55. The van der Waals surface area contributed by atoms with Gasteiger partial charge in [0.25, 0.3) is 0 Å². The molecule has 0 unspecified atom stereocenters. The molecule has 0 aromatic heterocycles. The van der Waals surface area contributed by atoms with E-state index in [9.17, 15) is 0 Å². The van der Waals surface area contributed by atoms with E-state index in [2.05, 4.69) is 22.8 Å². The summed E-state index contributed by atoms with van der Waals surface area (Å²) < 4.78 is 0. The highest BCUT2D eigenvalue weighted by atomic mass is 32.1. The summed E-state index contributed by atoms with van der Waals surface area (Å²) in [6.07, 6.45) is 0. The van der Waals surface area contributed by atoms with Gasteiger partial charge in [-0.3, -0.25) is 0 Å². The van der Waals surface area contributed by atoms with Crippen molar-refractivity contribution in [3.8, 4) is 0 Å². The molecule has 2 nitrogen and oxygen atoms in total. The summed E-state index contributed by atoms with van der Waals surface area (Å²) in [7, 11) is 0. The molecule has 13 heavy (non-hydrogen) atoms. The van der Waals surface area contributed by atoms with Crippen LogP contribution in [0.3, 0.4) is 0 Å². The van der Waals surface area contributed by atoms with Crippen molar-refractivity contribution in [3.63, 3.8) is 0 Å². The maximum absolute atomic E-state index is 4.03. The second-order valence-corrected chi connectivity index (χ2v) is 3.35. The third-order valence-corrected chi connectivity index (χ3v) is 1.63. The zero-order valence-electron chi connectivity index (χ0n) is 7.73. The summed E-state index contributed by atoms with van der Waals surface area (Å²) in [4.78, 5) is 0. The molecule has 0 bridgehead atoms. The van der Waals surface area contributed by atoms with Gasteiger partial charge in [0.05, 0.1) is 10.8 Å². The van der Waals surface area contributed by atoms with Crippen molar-refractivity contribution in [1.29, 1.82) is 0 Å². The van der Waals surface area contributed by atoms with Crippen LogP contribution in [0.5, 0.6) is 0 Å². The lowest BCUT2D eigenvalue weighted by atomic mass is 10.1. The lowest BCUT2D eigenvalue weighted by Crippen LogP contribution is -1.92. The molecule has 1 rings (SSSR count). The van der Waals surface area contributed by atoms with Gasteiger partial charge < -0.3 is 0 Å². The van der Waals surface area contributed by atoms with E-state index in [-0.39, 0.29) is 0 Å². The number of nitrogens with zero attached hydrogens (tertiary/aromatic N) is 2. The minimum absolute atomic E-state index is 0.662. The zero-order chi connectivity index (χ0) is 9.68. The topological polar surface area (TPSA) is 24.7 Å². The van der Waals surface area contributed by atoms with E-state index in [1.807, 2.05) is 37.3 Å². The van der Waals surface area contributed by atoms with Gasteiger partial charge in [-0.1, -0.05) is 30.3 Å². The third-order valence-electron chi connectivity index (χ3n) is 1.54. The first-order valence-electron chi connectivity index (χ1n) is 4.03. The molecule has 0 radical (unpaired) electrons. The van der Waals surface area contributed by atoms with E-state index in [0.717, 1.165) is 11.3 Å². The average Bonchev–Trinajstić information content (AvgIpc) is 2.15. The molecule has 0 aliphatic rings. The van der Waals surface area contributed by atoms with Crippen LogP contribution in [0, 0.1) is 0 Å². The van der Waals surface area contributed by atoms with Crippen molar-refractivity contribution < 1.29 is 0 Å². The van der Waals surface area contributed by atoms with Gasteiger partial charge >= 0.3 is 0 Å². The average molecular weight is 192 g/mol. The molecular formula is C10H12N2S. The van der Waals surface area contributed by atoms with E-state index in [4.69, 9.17) is 0 Å². The summed E-state index contributed by atoms with van der Waals surface area (Å²) in [6, 6.07) is 9.94. The molecule has 0 aliphatic carbocycles. The summed E-state index contributed by atoms with van der Waals surface area (Å²) in [5.74, 6) is 0. The van der Waals surface area contributed by atoms with Gasteiger partial charge in [0.1, 0.15) is 0 Å². The van der Waals surface area contributed by atoms with E-state index in [1.165, 1.54) is 0 Å².